The molecule has 0 aliphatic carbocycles. The minimum atomic E-state index is 0.117. The average Bonchev–Trinajstić information content (AvgIpc) is 3.16. The smallest absolute Gasteiger partial charge is 0.193 e. The second-order valence-electron chi connectivity index (χ2n) is 4.74. The number of benzene rings is 2. The zero-order valence-electron chi connectivity index (χ0n) is 10.3. The van der Waals surface area contributed by atoms with Crippen LogP contribution in [0.5, 0.6) is 0 Å². The number of carbonyl (C=O) groups is 1. The van der Waals surface area contributed by atoms with E-state index in [1.165, 1.54) is 0 Å². The lowest BCUT2D eigenvalue weighted by Crippen LogP contribution is -2.05. The highest BCUT2D eigenvalue weighted by Crippen LogP contribution is 2.35. The maximum atomic E-state index is 12.5. The Morgan fingerprint density at radius 1 is 1.06 bits per heavy atom. The van der Waals surface area contributed by atoms with Gasteiger partial charge in [-0.15, -0.1) is 0 Å². The molecule has 0 saturated carbocycles. The first-order valence-corrected chi connectivity index (χ1v) is 6.16. The summed E-state index contributed by atoms with van der Waals surface area (Å²) >= 11 is 0. The first-order valence-electron chi connectivity index (χ1n) is 6.16. The third-order valence-electron chi connectivity index (χ3n) is 3.46. The molecule has 2 aromatic rings. The fourth-order valence-corrected chi connectivity index (χ4v) is 2.30. The number of hydrogen-bond donors (Lipinski definition) is 0. The molecule has 0 spiro atoms. The number of ketones is 1. The first-order chi connectivity index (χ1) is 8.77. The van der Waals surface area contributed by atoms with Gasteiger partial charge in [-0.3, -0.25) is 9.69 Å². The molecule has 1 fully saturated rings. The van der Waals surface area contributed by atoms with Crippen LogP contribution in [-0.4, -0.2) is 24.3 Å². The summed E-state index contributed by atoms with van der Waals surface area (Å²) < 4.78 is 0. The van der Waals surface area contributed by atoms with E-state index >= 15 is 0 Å². The molecule has 0 N–H and O–H groups in total. The van der Waals surface area contributed by atoms with Crippen LogP contribution in [0, 0.1) is 0 Å². The van der Waals surface area contributed by atoms with E-state index in [-0.39, 0.29) is 5.78 Å². The molecule has 1 saturated heterocycles. The lowest BCUT2D eigenvalue weighted by atomic mass is 9.96. The highest BCUT2D eigenvalue weighted by atomic mass is 16.1. The monoisotopic (exact) mass is 237 g/mol. The van der Waals surface area contributed by atoms with Crippen molar-refractivity contribution in [3.8, 4) is 0 Å². The molecule has 18 heavy (non-hydrogen) atoms. The van der Waals surface area contributed by atoms with Crippen LogP contribution >= 0.6 is 0 Å². The number of carbonyl (C=O) groups excluding carboxylic acids is 1. The molecule has 2 heteroatoms. The molecular formula is C16H15NO. The van der Waals surface area contributed by atoms with Crippen LogP contribution in [0.1, 0.15) is 27.5 Å². The van der Waals surface area contributed by atoms with E-state index in [9.17, 15) is 4.79 Å². The molecule has 0 aromatic heterocycles. The van der Waals surface area contributed by atoms with E-state index in [0.717, 1.165) is 23.2 Å². The van der Waals surface area contributed by atoms with Crippen LogP contribution in [-0.2, 0) is 0 Å². The SMILES string of the molecule is CN1C[C@H]1c1ccccc1C(=O)c1ccccc1. The summed E-state index contributed by atoms with van der Waals surface area (Å²) in [7, 11) is 2.08. The van der Waals surface area contributed by atoms with Crippen molar-refractivity contribution in [2.45, 2.75) is 6.04 Å². The Morgan fingerprint density at radius 3 is 2.33 bits per heavy atom. The summed E-state index contributed by atoms with van der Waals surface area (Å²) in [5, 5.41) is 0. The van der Waals surface area contributed by atoms with Gasteiger partial charge >= 0.3 is 0 Å². The normalized spacial score (nSPS) is 21.6. The Kier molecular flexibility index (Phi) is 2.73. The van der Waals surface area contributed by atoms with Crippen molar-refractivity contribution in [2.75, 3.05) is 13.6 Å². The van der Waals surface area contributed by atoms with Crippen molar-refractivity contribution in [2.24, 2.45) is 0 Å². The van der Waals surface area contributed by atoms with Crippen molar-refractivity contribution >= 4 is 5.78 Å². The van der Waals surface area contributed by atoms with Gasteiger partial charge in [0.1, 0.15) is 0 Å². The summed E-state index contributed by atoms with van der Waals surface area (Å²) in [4.78, 5) is 14.7. The summed E-state index contributed by atoms with van der Waals surface area (Å²) in [6, 6.07) is 17.8. The van der Waals surface area contributed by atoms with Crippen molar-refractivity contribution in [3.63, 3.8) is 0 Å². The van der Waals surface area contributed by atoms with Crippen LogP contribution in [0.3, 0.4) is 0 Å². The van der Waals surface area contributed by atoms with Gasteiger partial charge < -0.3 is 0 Å². The molecular weight excluding hydrogens is 222 g/mol. The Balaban J connectivity index is 2.00. The molecule has 0 radical (unpaired) electrons. The standard InChI is InChI=1S/C16H15NO/c1-17-11-15(17)13-9-5-6-10-14(13)16(18)12-7-3-2-4-8-12/h2-10,15H,11H2,1H3/t15-,17?/m0/s1. The molecule has 1 aliphatic rings. The Hall–Kier alpha value is -1.93. The zero-order chi connectivity index (χ0) is 12.5. The van der Waals surface area contributed by atoms with Gasteiger partial charge in [0.2, 0.25) is 0 Å². The molecule has 3 rings (SSSR count). The summed E-state index contributed by atoms with van der Waals surface area (Å²) in [6.07, 6.45) is 0. The molecule has 90 valence electrons. The number of likely N-dealkylation sites (N-methyl/N-ethyl adjacent to an activating group) is 1. The molecule has 0 bridgehead atoms. The maximum Gasteiger partial charge on any atom is 0.193 e. The van der Waals surface area contributed by atoms with E-state index in [0.29, 0.717) is 6.04 Å². The zero-order valence-corrected chi connectivity index (χ0v) is 10.3. The van der Waals surface area contributed by atoms with E-state index in [2.05, 4.69) is 18.0 Å². The second kappa shape index (κ2) is 4.39. The van der Waals surface area contributed by atoms with Crippen molar-refractivity contribution in [1.82, 2.24) is 4.90 Å². The van der Waals surface area contributed by atoms with Crippen molar-refractivity contribution < 1.29 is 4.79 Å². The van der Waals surface area contributed by atoms with Gasteiger partial charge in [0.15, 0.2) is 5.78 Å². The second-order valence-corrected chi connectivity index (χ2v) is 4.74. The van der Waals surface area contributed by atoms with Gasteiger partial charge in [-0.05, 0) is 12.6 Å². The fourth-order valence-electron chi connectivity index (χ4n) is 2.30. The Bertz CT molecular complexity index is 577. The minimum Gasteiger partial charge on any atom is -0.296 e. The quantitative estimate of drug-likeness (QED) is 0.604. The van der Waals surface area contributed by atoms with Crippen LogP contribution in [0.25, 0.3) is 0 Å². The topological polar surface area (TPSA) is 20.1 Å². The summed E-state index contributed by atoms with van der Waals surface area (Å²) in [6.45, 7) is 1.04. The number of hydrogen-bond acceptors (Lipinski definition) is 2. The molecule has 1 aliphatic heterocycles. The first kappa shape index (κ1) is 11.2. The van der Waals surface area contributed by atoms with Crippen LogP contribution < -0.4 is 0 Å². The van der Waals surface area contributed by atoms with E-state index < -0.39 is 0 Å². The fraction of sp³-hybridized carbons (Fsp3) is 0.188. The lowest BCUT2D eigenvalue weighted by molar-refractivity contribution is 0.103. The van der Waals surface area contributed by atoms with Gasteiger partial charge in [-0.25, -0.2) is 0 Å². The van der Waals surface area contributed by atoms with Crippen LogP contribution in [0.4, 0.5) is 0 Å². The van der Waals surface area contributed by atoms with Gasteiger partial charge in [-0.2, -0.15) is 0 Å². The van der Waals surface area contributed by atoms with Crippen molar-refractivity contribution in [1.29, 1.82) is 0 Å². The third-order valence-corrected chi connectivity index (χ3v) is 3.46. The average molecular weight is 237 g/mol. The minimum absolute atomic E-state index is 0.117. The summed E-state index contributed by atoms with van der Waals surface area (Å²) in [5.41, 5.74) is 2.74. The van der Waals surface area contributed by atoms with E-state index in [1.807, 2.05) is 48.5 Å². The van der Waals surface area contributed by atoms with Gasteiger partial charge in [-0.1, -0.05) is 54.6 Å². The highest BCUT2D eigenvalue weighted by Gasteiger charge is 2.34. The number of nitrogens with zero attached hydrogens (tertiary/aromatic N) is 1. The van der Waals surface area contributed by atoms with E-state index in [1.54, 1.807) is 0 Å². The molecule has 0 amide bonds. The third kappa shape index (κ3) is 1.95. The molecule has 2 atom stereocenters. The maximum absolute atomic E-state index is 12.5. The lowest BCUT2D eigenvalue weighted by Gasteiger charge is -2.07. The molecule has 1 heterocycles. The van der Waals surface area contributed by atoms with Gasteiger partial charge in [0, 0.05) is 23.7 Å². The molecule has 2 aromatic carbocycles. The number of rotatable bonds is 3. The van der Waals surface area contributed by atoms with Gasteiger partial charge in [0.05, 0.1) is 0 Å². The van der Waals surface area contributed by atoms with Crippen LogP contribution in [0.15, 0.2) is 54.6 Å². The van der Waals surface area contributed by atoms with E-state index in [4.69, 9.17) is 0 Å². The molecule has 2 nitrogen and oxygen atoms in total. The predicted molar refractivity (Wildman–Crippen MR) is 71.7 cm³/mol. The summed E-state index contributed by atoms with van der Waals surface area (Å²) in [5.74, 6) is 0.117. The van der Waals surface area contributed by atoms with Crippen molar-refractivity contribution in [3.05, 3.63) is 71.3 Å². The predicted octanol–water partition coefficient (Wildman–Crippen LogP) is 2.90. The highest BCUT2D eigenvalue weighted by molar-refractivity contribution is 6.10. The van der Waals surface area contributed by atoms with Crippen LogP contribution in [0.2, 0.25) is 0 Å². The largest absolute Gasteiger partial charge is 0.296 e. The Morgan fingerprint density at radius 2 is 1.67 bits per heavy atom. The molecule has 1 unspecified atom stereocenters. The Labute approximate surface area is 107 Å². The van der Waals surface area contributed by atoms with Gasteiger partial charge in [0.25, 0.3) is 0 Å².